The van der Waals surface area contributed by atoms with Gasteiger partial charge in [-0.05, 0) is 85.6 Å². The topological polar surface area (TPSA) is 145 Å². The minimum absolute atomic E-state index is 0. The molecule has 1 aromatic heterocycles. The van der Waals surface area contributed by atoms with Crippen molar-refractivity contribution < 1.29 is 28.3 Å². The second-order valence-corrected chi connectivity index (χ2v) is 9.96. The maximum atomic E-state index is 12.6. The Morgan fingerprint density at radius 3 is 2.27 bits per heavy atom. The average Bonchev–Trinajstić information content (AvgIpc) is 3.39. The largest absolute Gasteiger partial charge is 0.457 e. The minimum atomic E-state index is -0.674. The molecule has 0 unspecified atom stereocenters. The highest BCUT2D eigenvalue weighted by atomic mass is 79.9. The van der Waals surface area contributed by atoms with Gasteiger partial charge >= 0.3 is 11.9 Å². The zero-order valence-electron chi connectivity index (χ0n) is 22.7. The van der Waals surface area contributed by atoms with E-state index in [0.717, 1.165) is 16.3 Å². The van der Waals surface area contributed by atoms with Crippen LogP contribution in [0.4, 0.5) is 0 Å². The minimum Gasteiger partial charge on any atom is -0.457 e. The molecule has 3 aromatic carbocycles. The molecule has 1 amide bonds. The lowest BCUT2D eigenvalue weighted by Gasteiger charge is -2.17. The average molecular weight is 621 g/mol. The van der Waals surface area contributed by atoms with Crippen LogP contribution in [0.2, 0.25) is 0 Å². The highest BCUT2D eigenvalue weighted by Crippen LogP contribution is 2.23. The van der Waals surface area contributed by atoms with E-state index < -0.39 is 17.5 Å². The molecule has 10 heteroatoms. The van der Waals surface area contributed by atoms with E-state index in [-0.39, 0.29) is 41.0 Å². The molecule has 1 heterocycles. The van der Waals surface area contributed by atoms with Crippen molar-refractivity contribution in [1.82, 2.24) is 5.32 Å². The summed E-state index contributed by atoms with van der Waals surface area (Å²) in [6.07, 6.45) is 2.95. The van der Waals surface area contributed by atoms with Gasteiger partial charge in [0.25, 0.3) is 5.91 Å². The summed E-state index contributed by atoms with van der Waals surface area (Å²) in [5, 5.41) is 12.0. The molecule has 0 radical (unpaired) electrons. The van der Waals surface area contributed by atoms with Crippen molar-refractivity contribution >= 4 is 57.5 Å². The monoisotopic (exact) mass is 619 g/mol. The van der Waals surface area contributed by atoms with Gasteiger partial charge in [0.15, 0.2) is 0 Å². The Morgan fingerprint density at radius 2 is 1.59 bits per heavy atom. The summed E-state index contributed by atoms with van der Waals surface area (Å²) in [6.45, 7) is 5.45. The summed E-state index contributed by atoms with van der Waals surface area (Å²) in [6, 6.07) is 20.2. The van der Waals surface area contributed by atoms with Crippen molar-refractivity contribution in [2.75, 3.05) is 0 Å². The number of carbonyl (C=O) groups is 3. The van der Waals surface area contributed by atoms with Crippen molar-refractivity contribution in [2.24, 2.45) is 5.73 Å². The molecule has 0 aliphatic carbocycles. The van der Waals surface area contributed by atoms with Gasteiger partial charge < -0.3 is 24.9 Å². The summed E-state index contributed by atoms with van der Waals surface area (Å²) < 4.78 is 16.2. The van der Waals surface area contributed by atoms with Crippen LogP contribution in [0.1, 0.15) is 58.6 Å². The molecule has 41 heavy (non-hydrogen) atoms. The molecule has 0 saturated heterocycles. The lowest BCUT2D eigenvalue weighted by atomic mass is 10.1. The van der Waals surface area contributed by atoms with Gasteiger partial charge in [0.05, 0.1) is 6.54 Å². The zero-order valence-corrected chi connectivity index (χ0v) is 24.4. The highest BCUT2D eigenvalue weighted by Gasteiger charge is 2.16. The maximum absolute atomic E-state index is 12.6. The predicted octanol–water partition coefficient (Wildman–Crippen LogP) is 5.80. The van der Waals surface area contributed by atoms with Gasteiger partial charge in [0.1, 0.15) is 22.9 Å². The molecule has 0 aliphatic heterocycles. The highest BCUT2D eigenvalue weighted by molar-refractivity contribution is 8.93. The first-order chi connectivity index (χ1) is 19.0. The van der Waals surface area contributed by atoms with Crippen LogP contribution < -0.4 is 15.8 Å². The van der Waals surface area contributed by atoms with E-state index in [1.807, 2.05) is 0 Å². The zero-order chi connectivity index (χ0) is 28.9. The Labute approximate surface area is 247 Å². The fourth-order valence-electron chi connectivity index (χ4n) is 3.71. The first-order valence-corrected chi connectivity index (χ1v) is 12.5. The fraction of sp³-hybridized carbons (Fsp3) is 0.161. The van der Waals surface area contributed by atoms with Crippen molar-refractivity contribution in [2.45, 2.75) is 32.9 Å². The number of esters is 2. The van der Waals surface area contributed by atoms with Gasteiger partial charge in [0, 0.05) is 17.2 Å². The van der Waals surface area contributed by atoms with Crippen LogP contribution in [0, 0.1) is 5.41 Å². The first kappa shape index (κ1) is 30.8. The van der Waals surface area contributed by atoms with E-state index in [0.29, 0.717) is 22.6 Å². The summed E-state index contributed by atoms with van der Waals surface area (Å²) in [5.74, 6) is -0.754. The normalized spacial score (nSPS) is 11.1. The van der Waals surface area contributed by atoms with Crippen LogP contribution in [-0.4, -0.2) is 29.3 Å². The van der Waals surface area contributed by atoms with Crippen molar-refractivity contribution in [1.29, 1.82) is 5.41 Å². The number of nitrogens with two attached hydrogens (primary N) is 1. The van der Waals surface area contributed by atoms with Crippen LogP contribution in [0.15, 0.2) is 83.3 Å². The van der Waals surface area contributed by atoms with Gasteiger partial charge in [0.2, 0.25) is 5.76 Å². The number of furan rings is 1. The standard InChI is InChI=1S/C31H29N3O6.BrH/c1-31(2,3)40-27(35)15-6-19-4-7-20(8-5-19)29(36)34-18-25-13-14-26(38-25)30(37)39-24-12-11-21-16-23(28(32)33)10-9-22(21)17-24;/h4-17H,18H2,1-3H3,(H3,32,33)(H,34,36);1H/b15-6+;. The van der Waals surface area contributed by atoms with E-state index in [4.69, 9.17) is 25.0 Å². The van der Waals surface area contributed by atoms with E-state index in [9.17, 15) is 14.4 Å². The smallest absolute Gasteiger partial charge is 0.379 e. The number of ether oxygens (including phenoxy) is 2. The third kappa shape index (κ3) is 8.64. The lowest BCUT2D eigenvalue weighted by Crippen LogP contribution is -2.22. The van der Waals surface area contributed by atoms with E-state index in [1.54, 1.807) is 93.6 Å². The molecule has 0 aliphatic rings. The quantitative estimate of drug-likeness (QED) is 0.0743. The first-order valence-electron chi connectivity index (χ1n) is 12.5. The van der Waals surface area contributed by atoms with Gasteiger partial charge in [-0.15, -0.1) is 17.0 Å². The summed E-state index contributed by atoms with van der Waals surface area (Å²) in [4.78, 5) is 36.9. The molecule has 4 N–H and O–H groups in total. The number of hydrogen-bond donors (Lipinski definition) is 3. The Kier molecular flexibility index (Phi) is 9.85. The van der Waals surface area contributed by atoms with Crippen LogP contribution in [0.5, 0.6) is 5.75 Å². The Morgan fingerprint density at radius 1 is 0.927 bits per heavy atom. The van der Waals surface area contributed by atoms with E-state index >= 15 is 0 Å². The number of halogens is 1. The molecule has 212 valence electrons. The summed E-state index contributed by atoms with van der Waals surface area (Å²) in [5.41, 5.74) is 6.74. The van der Waals surface area contributed by atoms with E-state index in [1.165, 1.54) is 12.1 Å². The number of amidine groups is 1. The number of nitrogen functional groups attached to an aromatic ring is 1. The van der Waals surface area contributed by atoms with E-state index in [2.05, 4.69) is 5.32 Å². The maximum Gasteiger partial charge on any atom is 0.379 e. The third-order valence-electron chi connectivity index (χ3n) is 5.61. The Bertz CT molecular complexity index is 1620. The molecule has 0 fully saturated rings. The molecular formula is C31H30BrN3O6. The molecular weight excluding hydrogens is 590 g/mol. The lowest BCUT2D eigenvalue weighted by molar-refractivity contribution is -0.148. The molecule has 0 bridgehead atoms. The predicted molar refractivity (Wildman–Crippen MR) is 161 cm³/mol. The number of benzene rings is 3. The van der Waals surface area contributed by atoms with Crippen molar-refractivity contribution in [3.05, 3.63) is 107 Å². The summed E-state index contributed by atoms with van der Waals surface area (Å²) >= 11 is 0. The molecule has 4 rings (SSSR count). The number of amides is 1. The molecule has 0 spiro atoms. The fourth-order valence-corrected chi connectivity index (χ4v) is 3.71. The number of hydrogen-bond acceptors (Lipinski definition) is 7. The molecule has 9 nitrogen and oxygen atoms in total. The van der Waals surface area contributed by atoms with Gasteiger partial charge in [-0.2, -0.15) is 0 Å². The van der Waals surface area contributed by atoms with Crippen LogP contribution in [0.25, 0.3) is 16.8 Å². The van der Waals surface area contributed by atoms with Gasteiger partial charge in [-0.25, -0.2) is 9.59 Å². The number of carbonyl (C=O) groups excluding carboxylic acids is 3. The SMILES string of the molecule is Br.CC(C)(C)OC(=O)/C=C/c1ccc(C(=O)NCc2ccc(C(=O)Oc3ccc4cc(C(=N)N)ccc4c3)o2)cc1. The third-order valence-corrected chi connectivity index (χ3v) is 5.61. The Hall–Kier alpha value is -4.70. The number of fused-ring (bicyclic) bond motifs is 1. The van der Waals surface area contributed by atoms with Crippen molar-refractivity contribution in [3.8, 4) is 5.75 Å². The molecule has 0 atom stereocenters. The van der Waals surface area contributed by atoms with Crippen LogP contribution in [-0.2, 0) is 16.1 Å². The molecule has 4 aromatic rings. The van der Waals surface area contributed by atoms with Gasteiger partial charge in [-0.1, -0.05) is 30.3 Å². The summed E-state index contributed by atoms with van der Waals surface area (Å²) in [7, 11) is 0. The van der Waals surface area contributed by atoms with Gasteiger partial charge in [-0.3, -0.25) is 10.2 Å². The molecule has 0 saturated carbocycles. The Balaban J connectivity index is 0.00000462. The van der Waals surface area contributed by atoms with Crippen LogP contribution in [0.3, 0.4) is 0 Å². The number of rotatable bonds is 8. The second-order valence-electron chi connectivity index (χ2n) is 9.96. The van der Waals surface area contributed by atoms with Crippen LogP contribution >= 0.6 is 17.0 Å². The second kappa shape index (κ2) is 13.1. The van der Waals surface area contributed by atoms with Crippen molar-refractivity contribution in [3.63, 3.8) is 0 Å². The number of nitrogens with one attached hydrogen (secondary N) is 2.